The smallest absolute Gasteiger partial charge is 0.235 e. The molecule has 0 spiro atoms. The van der Waals surface area contributed by atoms with E-state index in [1.807, 2.05) is 13.8 Å². The molecule has 0 bridgehead atoms. The Bertz CT molecular complexity index is 565. The average molecular weight is 312 g/mol. The highest BCUT2D eigenvalue weighted by molar-refractivity contribution is 7.93. The number of sulfonamides is 1. The van der Waals surface area contributed by atoms with Crippen LogP contribution in [-0.4, -0.2) is 26.6 Å². The number of nitrogens with one attached hydrogen (secondary N) is 2. The van der Waals surface area contributed by atoms with E-state index in [0.717, 1.165) is 5.56 Å². The molecule has 1 aromatic carbocycles. The molecule has 0 fully saturated rings. The summed E-state index contributed by atoms with van der Waals surface area (Å²) in [5.74, 6) is 0.250. The van der Waals surface area contributed by atoms with Crippen molar-refractivity contribution in [2.45, 2.75) is 38.9 Å². The third-order valence-corrected chi connectivity index (χ3v) is 4.96. The molecule has 0 unspecified atom stereocenters. The number of carbonyl (C=O) groups is 1. The summed E-state index contributed by atoms with van der Waals surface area (Å²) in [5, 5.41) is 2.11. The lowest BCUT2D eigenvalue weighted by Gasteiger charge is -2.16. The third-order valence-electron chi connectivity index (χ3n) is 3.19. The molecule has 118 valence electrons. The van der Waals surface area contributed by atoms with Gasteiger partial charge in [0.15, 0.2) is 0 Å². The molecule has 0 aliphatic carbocycles. The molecule has 1 aromatic rings. The third kappa shape index (κ3) is 5.75. The number of likely N-dealkylation sites (N-methyl/N-ethyl adjacent to an activating group) is 1. The SMILES string of the molecule is CNC(=O)Cc1ccc(NS(=O)(=O)[C@H](C)CC(C)C)cc1. The number of hydrogen-bond acceptors (Lipinski definition) is 3. The van der Waals surface area contributed by atoms with E-state index in [1.165, 1.54) is 0 Å². The van der Waals surface area contributed by atoms with Crippen molar-refractivity contribution in [3.05, 3.63) is 29.8 Å². The Morgan fingerprint density at radius 1 is 1.14 bits per heavy atom. The van der Waals surface area contributed by atoms with E-state index >= 15 is 0 Å². The first-order chi connectivity index (χ1) is 9.74. The molecule has 0 aromatic heterocycles. The number of rotatable bonds is 7. The van der Waals surface area contributed by atoms with E-state index in [0.29, 0.717) is 18.0 Å². The van der Waals surface area contributed by atoms with Gasteiger partial charge in [-0.3, -0.25) is 9.52 Å². The zero-order chi connectivity index (χ0) is 16.0. The Hall–Kier alpha value is -1.56. The minimum atomic E-state index is -3.38. The van der Waals surface area contributed by atoms with Crippen LogP contribution in [0.25, 0.3) is 0 Å². The first kappa shape index (κ1) is 17.5. The van der Waals surface area contributed by atoms with Crippen molar-refractivity contribution in [1.29, 1.82) is 0 Å². The molecule has 1 atom stereocenters. The van der Waals surface area contributed by atoms with Gasteiger partial charge in [-0.05, 0) is 37.0 Å². The minimum absolute atomic E-state index is 0.0751. The zero-order valence-corrected chi connectivity index (χ0v) is 13.8. The summed E-state index contributed by atoms with van der Waals surface area (Å²) in [7, 11) is -1.79. The predicted octanol–water partition coefficient (Wildman–Crippen LogP) is 2.15. The number of benzene rings is 1. The van der Waals surface area contributed by atoms with Gasteiger partial charge in [-0.2, -0.15) is 0 Å². The maximum absolute atomic E-state index is 12.2. The van der Waals surface area contributed by atoms with Crippen molar-refractivity contribution in [3.8, 4) is 0 Å². The molecule has 0 radical (unpaired) electrons. The lowest BCUT2D eigenvalue weighted by molar-refractivity contribution is -0.119. The van der Waals surface area contributed by atoms with Crippen LogP contribution in [0.15, 0.2) is 24.3 Å². The van der Waals surface area contributed by atoms with Crippen LogP contribution in [0.2, 0.25) is 0 Å². The normalized spacial score (nSPS) is 13.0. The van der Waals surface area contributed by atoms with Crippen LogP contribution < -0.4 is 10.0 Å². The van der Waals surface area contributed by atoms with Crippen molar-refractivity contribution in [1.82, 2.24) is 5.32 Å². The highest BCUT2D eigenvalue weighted by Crippen LogP contribution is 2.17. The Balaban J connectivity index is 2.73. The van der Waals surface area contributed by atoms with Gasteiger partial charge in [0.25, 0.3) is 0 Å². The van der Waals surface area contributed by atoms with E-state index in [1.54, 1.807) is 38.2 Å². The topological polar surface area (TPSA) is 75.3 Å². The summed E-state index contributed by atoms with van der Waals surface area (Å²) < 4.78 is 26.9. The van der Waals surface area contributed by atoms with Crippen LogP contribution in [-0.2, 0) is 21.2 Å². The molecule has 0 saturated heterocycles. The highest BCUT2D eigenvalue weighted by atomic mass is 32.2. The van der Waals surface area contributed by atoms with E-state index in [4.69, 9.17) is 0 Å². The van der Waals surface area contributed by atoms with Crippen LogP contribution in [0.1, 0.15) is 32.8 Å². The van der Waals surface area contributed by atoms with E-state index in [-0.39, 0.29) is 12.3 Å². The van der Waals surface area contributed by atoms with Crippen LogP contribution in [0.3, 0.4) is 0 Å². The molecule has 0 heterocycles. The first-order valence-corrected chi connectivity index (χ1v) is 8.60. The van der Waals surface area contributed by atoms with Crippen LogP contribution in [0.5, 0.6) is 0 Å². The van der Waals surface area contributed by atoms with E-state index < -0.39 is 15.3 Å². The summed E-state index contributed by atoms with van der Waals surface area (Å²) in [6.45, 7) is 5.71. The summed E-state index contributed by atoms with van der Waals surface area (Å²) in [5.41, 5.74) is 1.36. The van der Waals surface area contributed by atoms with Gasteiger partial charge < -0.3 is 5.32 Å². The molecular weight excluding hydrogens is 288 g/mol. The second kappa shape index (κ2) is 7.45. The van der Waals surface area contributed by atoms with Gasteiger partial charge in [-0.15, -0.1) is 0 Å². The van der Waals surface area contributed by atoms with E-state index in [2.05, 4.69) is 10.0 Å². The predicted molar refractivity (Wildman–Crippen MR) is 85.7 cm³/mol. The molecule has 5 nitrogen and oxygen atoms in total. The molecule has 0 aliphatic rings. The second-order valence-electron chi connectivity index (χ2n) is 5.63. The van der Waals surface area contributed by atoms with Crippen molar-refractivity contribution in [3.63, 3.8) is 0 Å². The molecule has 2 N–H and O–H groups in total. The highest BCUT2D eigenvalue weighted by Gasteiger charge is 2.21. The van der Waals surface area contributed by atoms with Crippen LogP contribution in [0.4, 0.5) is 5.69 Å². The Kier molecular flexibility index (Phi) is 6.20. The summed E-state index contributed by atoms with van der Waals surface area (Å²) in [6.07, 6.45) is 0.900. The Morgan fingerprint density at radius 3 is 2.19 bits per heavy atom. The molecular formula is C15H24N2O3S. The van der Waals surface area contributed by atoms with Gasteiger partial charge in [0.2, 0.25) is 15.9 Å². The fourth-order valence-electron chi connectivity index (χ4n) is 2.02. The molecule has 1 rings (SSSR count). The lowest BCUT2D eigenvalue weighted by atomic mass is 10.1. The zero-order valence-electron chi connectivity index (χ0n) is 13.0. The molecule has 6 heteroatoms. The summed E-state index contributed by atoms with van der Waals surface area (Å²) >= 11 is 0. The fourth-order valence-corrected chi connectivity index (χ4v) is 3.32. The van der Waals surface area contributed by atoms with Gasteiger partial charge in [-0.25, -0.2) is 8.42 Å². The van der Waals surface area contributed by atoms with Gasteiger partial charge in [0.05, 0.1) is 11.7 Å². The van der Waals surface area contributed by atoms with Gasteiger partial charge >= 0.3 is 0 Å². The number of amides is 1. The number of anilines is 1. The van der Waals surface area contributed by atoms with Gasteiger partial charge in [0.1, 0.15) is 0 Å². The fraction of sp³-hybridized carbons (Fsp3) is 0.533. The van der Waals surface area contributed by atoms with Crippen molar-refractivity contribution in [2.24, 2.45) is 5.92 Å². The van der Waals surface area contributed by atoms with Gasteiger partial charge in [0, 0.05) is 12.7 Å². The standard InChI is InChI=1S/C15H24N2O3S/c1-11(2)9-12(3)21(19,20)17-14-7-5-13(6-8-14)10-15(18)16-4/h5-8,11-12,17H,9-10H2,1-4H3,(H,16,18)/t12-/m1/s1. The molecule has 0 aliphatic heterocycles. The quantitative estimate of drug-likeness (QED) is 0.810. The first-order valence-electron chi connectivity index (χ1n) is 7.05. The maximum Gasteiger partial charge on any atom is 0.235 e. The monoisotopic (exact) mass is 312 g/mol. The molecule has 1 amide bonds. The average Bonchev–Trinajstić information content (AvgIpc) is 2.39. The maximum atomic E-state index is 12.2. The number of carbonyl (C=O) groups excluding carboxylic acids is 1. The minimum Gasteiger partial charge on any atom is -0.359 e. The van der Waals surface area contributed by atoms with Crippen molar-refractivity contribution < 1.29 is 13.2 Å². The molecule has 21 heavy (non-hydrogen) atoms. The van der Waals surface area contributed by atoms with Crippen molar-refractivity contribution >= 4 is 21.6 Å². The van der Waals surface area contributed by atoms with Crippen LogP contribution in [0, 0.1) is 5.92 Å². The van der Waals surface area contributed by atoms with E-state index in [9.17, 15) is 13.2 Å². The number of hydrogen-bond donors (Lipinski definition) is 2. The van der Waals surface area contributed by atoms with Crippen LogP contribution >= 0.6 is 0 Å². The van der Waals surface area contributed by atoms with Gasteiger partial charge in [-0.1, -0.05) is 26.0 Å². The summed E-state index contributed by atoms with van der Waals surface area (Å²) in [4.78, 5) is 11.3. The second-order valence-corrected chi connectivity index (χ2v) is 7.73. The molecule has 0 saturated carbocycles. The van der Waals surface area contributed by atoms with Crippen molar-refractivity contribution in [2.75, 3.05) is 11.8 Å². The lowest BCUT2D eigenvalue weighted by Crippen LogP contribution is -2.26. The largest absolute Gasteiger partial charge is 0.359 e. The Labute approximate surface area is 127 Å². The Morgan fingerprint density at radius 2 is 1.71 bits per heavy atom. The summed E-state index contributed by atoms with van der Waals surface area (Å²) in [6, 6.07) is 6.86.